The summed E-state index contributed by atoms with van der Waals surface area (Å²) >= 11 is 1.58. The van der Waals surface area contributed by atoms with Crippen LogP contribution in [-0.4, -0.2) is 11.0 Å². The maximum Gasteiger partial charge on any atom is 0.319 e. The van der Waals surface area contributed by atoms with Gasteiger partial charge in [0.15, 0.2) is 0 Å². The minimum Gasteiger partial charge on any atom is -0.331 e. The molecule has 2 aromatic rings. The first-order valence-corrected chi connectivity index (χ1v) is 6.07. The van der Waals surface area contributed by atoms with E-state index in [9.17, 15) is 4.79 Å². The second-order valence-corrected chi connectivity index (χ2v) is 4.86. The summed E-state index contributed by atoms with van der Waals surface area (Å²) in [6.45, 7) is 2.45. The number of carbonyl (C=O) groups excluding carboxylic acids is 1. The van der Waals surface area contributed by atoms with Gasteiger partial charge in [0.1, 0.15) is 5.01 Å². The molecule has 2 N–H and O–H groups in total. The van der Waals surface area contributed by atoms with E-state index >= 15 is 0 Å². The Balaban J connectivity index is 1.82. The van der Waals surface area contributed by atoms with Gasteiger partial charge in [-0.05, 0) is 19.1 Å². The van der Waals surface area contributed by atoms with Crippen molar-refractivity contribution in [2.24, 2.45) is 0 Å². The molecule has 1 heterocycles. The van der Waals surface area contributed by atoms with E-state index in [0.717, 1.165) is 15.6 Å². The van der Waals surface area contributed by atoms with Crippen LogP contribution >= 0.6 is 11.3 Å². The van der Waals surface area contributed by atoms with Gasteiger partial charge in [-0.15, -0.1) is 11.3 Å². The number of para-hydroxylation sites is 1. The molecular formula is C12H13N3OS. The molecule has 0 saturated carbocycles. The largest absolute Gasteiger partial charge is 0.331 e. The normalized spacial score (nSPS) is 9.94. The summed E-state index contributed by atoms with van der Waals surface area (Å²) in [5.41, 5.74) is 0.778. The third-order valence-electron chi connectivity index (χ3n) is 2.10. The first kappa shape index (κ1) is 11.6. The number of hydrogen-bond donors (Lipinski definition) is 2. The average molecular weight is 247 g/mol. The lowest BCUT2D eigenvalue weighted by Crippen LogP contribution is -2.28. The SMILES string of the molecule is Cc1cnc(CNC(=O)Nc2ccccc2)s1. The summed E-state index contributed by atoms with van der Waals surface area (Å²) in [6, 6.07) is 9.12. The first-order chi connectivity index (χ1) is 8.24. The summed E-state index contributed by atoms with van der Waals surface area (Å²) in [6.07, 6.45) is 1.80. The van der Waals surface area contributed by atoms with E-state index in [0.29, 0.717) is 6.54 Å². The van der Waals surface area contributed by atoms with E-state index in [4.69, 9.17) is 0 Å². The summed E-state index contributed by atoms with van der Waals surface area (Å²) in [5.74, 6) is 0. The maximum atomic E-state index is 11.5. The summed E-state index contributed by atoms with van der Waals surface area (Å²) in [4.78, 5) is 16.9. The van der Waals surface area contributed by atoms with Gasteiger partial charge >= 0.3 is 6.03 Å². The molecule has 1 aromatic carbocycles. The smallest absolute Gasteiger partial charge is 0.319 e. The molecule has 0 aliphatic rings. The zero-order valence-electron chi connectivity index (χ0n) is 9.43. The molecule has 0 aliphatic heterocycles. The maximum absolute atomic E-state index is 11.5. The number of anilines is 1. The number of thiazole rings is 1. The molecular weight excluding hydrogens is 234 g/mol. The number of nitrogens with zero attached hydrogens (tertiary/aromatic N) is 1. The number of aromatic nitrogens is 1. The van der Waals surface area contributed by atoms with Gasteiger partial charge in [0.25, 0.3) is 0 Å². The fraction of sp³-hybridized carbons (Fsp3) is 0.167. The van der Waals surface area contributed by atoms with Crippen LogP contribution in [0.2, 0.25) is 0 Å². The van der Waals surface area contributed by atoms with Crippen LogP contribution in [0, 0.1) is 6.92 Å². The van der Waals surface area contributed by atoms with Crippen molar-refractivity contribution in [3.63, 3.8) is 0 Å². The molecule has 0 fully saturated rings. The lowest BCUT2D eigenvalue weighted by atomic mass is 10.3. The Bertz CT molecular complexity index is 495. The molecule has 0 unspecified atom stereocenters. The van der Waals surface area contributed by atoms with Crippen LogP contribution in [0.3, 0.4) is 0 Å². The predicted molar refractivity (Wildman–Crippen MR) is 69.2 cm³/mol. The summed E-state index contributed by atoms with van der Waals surface area (Å²) < 4.78 is 0. The van der Waals surface area contributed by atoms with Crippen LogP contribution in [0.15, 0.2) is 36.5 Å². The van der Waals surface area contributed by atoms with E-state index in [1.165, 1.54) is 0 Å². The second-order valence-electron chi connectivity index (χ2n) is 3.54. The van der Waals surface area contributed by atoms with Gasteiger partial charge in [0, 0.05) is 16.8 Å². The van der Waals surface area contributed by atoms with E-state index < -0.39 is 0 Å². The summed E-state index contributed by atoms with van der Waals surface area (Å²) in [7, 11) is 0. The van der Waals surface area contributed by atoms with Gasteiger partial charge in [0.05, 0.1) is 6.54 Å². The highest BCUT2D eigenvalue weighted by Crippen LogP contribution is 2.10. The number of hydrogen-bond acceptors (Lipinski definition) is 3. The Morgan fingerprint density at radius 1 is 1.35 bits per heavy atom. The number of urea groups is 1. The molecule has 0 bridgehead atoms. The van der Waals surface area contributed by atoms with Crippen molar-refractivity contribution in [1.29, 1.82) is 0 Å². The van der Waals surface area contributed by atoms with E-state index in [2.05, 4.69) is 15.6 Å². The number of benzene rings is 1. The standard InChI is InChI=1S/C12H13N3OS/c1-9-7-13-11(17-9)8-14-12(16)15-10-5-3-2-4-6-10/h2-7H,8H2,1H3,(H2,14,15,16). The zero-order chi connectivity index (χ0) is 12.1. The Morgan fingerprint density at radius 2 is 2.12 bits per heavy atom. The van der Waals surface area contributed by atoms with Crippen LogP contribution in [0.1, 0.15) is 9.88 Å². The van der Waals surface area contributed by atoms with E-state index in [-0.39, 0.29) is 6.03 Å². The highest BCUT2D eigenvalue weighted by atomic mass is 32.1. The lowest BCUT2D eigenvalue weighted by molar-refractivity contribution is 0.251. The molecule has 2 amide bonds. The van der Waals surface area contributed by atoms with Gasteiger partial charge in [0.2, 0.25) is 0 Å². The van der Waals surface area contributed by atoms with Gasteiger partial charge in [-0.3, -0.25) is 0 Å². The van der Waals surface area contributed by atoms with Crippen molar-refractivity contribution in [3.05, 3.63) is 46.4 Å². The van der Waals surface area contributed by atoms with Gasteiger partial charge in [-0.1, -0.05) is 18.2 Å². The number of amides is 2. The molecule has 4 nitrogen and oxygen atoms in total. The van der Waals surface area contributed by atoms with Gasteiger partial charge in [-0.25, -0.2) is 9.78 Å². The van der Waals surface area contributed by atoms with Crippen LogP contribution in [0.5, 0.6) is 0 Å². The van der Waals surface area contributed by atoms with Crippen molar-refractivity contribution in [3.8, 4) is 0 Å². The molecule has 5 heteroatoms. The minimum absolute atomic E-state index is 0.218. The van der Waals surface area contributed by atoms with Crippen LogP contribution in [-0.2, 0) is 6.54 Å². The molecule has 1 aromatic heterocycles. The lowest BCUT2D eigenvalue weighted by Gasteiger charge is -2.05. The second kappa shape index (κ2) is 5.45. The van der Waals surface area contributed by atoms with Gasteiger partial charge < -0.3 is 10.6 Å². The summed E-state index contributed by atoms with van der Waals surface area (Å²) in [5, 5.41) is 6.41. The number of rotatable bonds is 3. The monoisotopic (exact) mass is 247 g/mol. The Kier molecular flexibility index (Phi) is 3.72. The third kappa shape index (κ3) is 3.57. The fourth-order valence-electron chi connectivity index (χ4n) is 1.34. The molecule has 0 aliphatic carbocycles. The minimum atomic E-state index is -0.218. The quantitative estimate of drug-likeness (QED) is 0.876. The third-order valence-corrected chi connectivity index (χ3v) is 3.01. The van der Waals surface area contributed by atoms with E-state index in [1.807, 2.05) is 37.3 Å². The van der Waals surface area contributed by atoms with E-state index in [1.54, 1.807) is 17.5 Å². The van der Waals surface area contributed by atoms with Crippen molar-refractivity contribution in [2.45, 2.75) is 13.5 Å². The Morgan fingerprint density at radius 3 is 2.76 bits per heavy atom. The first-order valence-electron chi connectivity index (χ1n) is 5.25. The Hall–Kier alpha value is -1.88. The highest BCUT2D eigenvalue weighted by molar-refractivity contribution is 7.11. The molecule has 0 spiro atoms. The van der Waals surface area contributed by atoms with Crippen molar-refractivity contribution in [2.75, 3.05) is 5.32 Å². The van der Waals surface area contributed by atoms with Gasteiger partial charge in [-0.2, -0.15) is 0 Å². The van der Waals surface area contributed by atoms with Crippen molar-refractivity contribution < 1.29 is 4.79 Å². The average Bonchev–Trinajstić information content (AvgIpc) is 2.74. The van der Waals surface area contributed by atoms with Crippen LogP contribution < -0.4 is 10.6 Å². The molecule has 0 atom stereocenters. The molecule has 2 rings (SSSR count). The fourth-order valence-corrected chi connectivity index (χ4v) is 2.06. The molecule has 0 saturated heterocycles. The molecule has 17 heavy (non-hydrogen) atoms. The molecule has 88 valence electrons. The van der Waals surface area contributed by atoms with Crippen LogP contribution in [0.4, 0.5) is 10.5 Å². The highest BCUT2D eigenvalue weighted by Gasteiger charge is 2.03. The Labute approximate surface area is 104 Å². The number of aryl methyl sites for hydroxylation is 1. The van der Waals surface area contributed by atoms with Crippen molar-refractivity contribution >= 4 is 23.1 Å². The zero-order valence-corrected chi connectivity index (χ0v) is 10.3. The van der Waals surface area contributed by atoms with Crippen LogP contribution in [0.25, 0.3) is 0 Å². The number of carbonyl (C=O) groups is 1. The predicted octanol–water partition coefficient (Wildman–Crippen LogP) is 2.77. The number of nitrogens with one attached hydrogen (secondary N) is 2. The van der Waals surface area contributed by atoms with Crippen molar-refractivity contribution in [1.82, 2.24) is 10.3 Å². The topological polar surface area (TPSA) is 54.0 Å². The molecule has 0 radical (unpaired) electrons.